The third-order valence-corrected chi connectivity index (χ3v) is 4.95. The number of aryl methyl sites for hydroxylation is 2. The lowest BCUT2D eigenvalue weighted by molar-refractivity contribution is -0.116. The highest BCUT2D eigenvalue weighted by atomic mass is 19.1. The molecule has 4 rings (SSSR count). The fourth-order valence-electron chi connectivity index (χ4n) is 3.35. The lowest BCUT2D eigenvalue weighted by atomic mass is 10.1. The van der Waals surface area contributed by atoms with Crippen molar-refractivity contribution in [1.82, 2.24) is 14.7 Å². The third kappa shape index (κ3) is 4.54. The summed E-state index contributed by atoms with van der Waals surface area (Å²) >= 11 is 0. The van der Waals surface area contributed by atoms with E-state index in [1.165, 1.54) is 28.8 Å². The number of nitrogens with one attached hydrogen (secondary N) is 1. The molecule has 1 N–H and O–H groups in total. The number of rotatable bonds is 5. The summed E-state index contributed by atoms with van der Waals surface area (Å²) in [6.45, 7) is 2.90. The lowest BCUT2D eigenvalue weighted by Gasteiger charge is -2.13. The molecule has 0 saturated carbocycles. The zero-order chi connectivity index (χ0) is 23.7. The Morgan fingerprint density at radius 3 is 2.42 bits per heavy atom. The van der Waals surface area contributed by atoms with Gasteiger partial charge in [0, 0.05) is 17.3 Å². The second kappa shape index (κ2) is 8.73. The highest BCUT2D eigenvalue weighted by Crippen LogP contribution is 2.23. The van der Waals surface area contributed by atoms with Crippen molar-refractivity contribution in [3.8, 4) is 22.8 Å². The molecule has 10 heteroatoms. The van der Waals surface area contributed by atoms with Crippen LogP contribution in [0.25, 0.3) is 22.8 Å². The van der Waals surface area contributed by atoms with Crippen molar-refractivity contribution < 1.29 is 22.5 Å². The quantitative estimate of drug-likeness (QED) is 0.487. The van der Waals surface area contributed by atoms with Crippen LogP contribution in [-0.2, 0) is 11.3 Å². The number of carbonyl (C=O) groups is 1. The maximum atomic E-state index is 13.8. The number of carbonyl (C=O) groups excluding carboxylic acids is 1. The van der Waals surface area contributed by atoms with Gasteiger partial charge in [0.25, 0.3) is 11.4 Å². The largest absolute Gasteiger partial charge is 0.333 e. The van der Waals surface area contributed by atoms with Gasteiger partial charge >= 0.3 is 0 Å². The molecule has 0 bridgehead atoms. The Morgan fingerprint density at radius 2 is 1.73 bits per heavy atom. The number of aromatic nitrogens is 3. The molecule has 2 aromatic carbocycles. The van der Waals surface area contributed by atoms with Gasteiger partial charge in [0.2, 0.25) is 11.7 Å². The predicted octanol–water partition coefficient (Wildman–Crippen LogP) is 4.24. The van der Waals surface area contributed by atoms with E-state index in [0.717, 1.165) is 12.1 Å². The third-order valence-electron chi connectivity index (χ3n) is 4.95. The molecule has 2 heterocycles. The minimum absolute atomic E-state index is 0.0597. The van der Waals surface area contributed by atoms with Gasteiger partial charge in [-0.3, -0.25) is 9.59 Å². The number of benzene rings is 2. The van der Waals surface area contributed by atoms with Gasteiger partial charge in [0.05, 0.1) is 5.69 Å². The number of halogens is 3. The molecule has 0 radical (unpaired) electrons. The number of amides is 1. The molecule has 0 unspecified atom stereocenters. The summed E-state index contributed by atoms with van der Waals surface area (Å²) in [5, 5.41) is 6.17. The predicted molar refractivity (Wildman–Crippen MR) is 114 cm³/mol. The maximum absolute atomic E-state index is 13.8. The molecule has 0 atom stereocenters. The van der Waals surface area contributed by atoms with E-state index in [1.807, 2.05) is 0 Å². The van der Waals surface area contributed by atoms with Crippen LogP contribution in [0.1, 0.15) is 11.3 Å². The molecule has 0 spiro atoms. The van der Waals surface area contributed by atoms with E-state index in [2.05, 4.69) is 15.5 Å². The molecule has 168 valence electrons. The molecular weight excluding hydrogens is 437 g/mol. The topological polar surface area (TPSA) is 90.0 Å². The zero-order valence-electron chi connectivity index (χ0n) is 17.5. The van der Waals surface area contributed by atoms with Gasteiger partial charge in [0.15, 0.2) is 0 Å². The number of pyridine rings is 1. The highest BCUT2D eigenvalue weighted by molar-refractivity contribution is 5.90. The summed E-state index contributed by atoms with van der Waals surface area (Å²) in [5.74, 6) is -2.70. The van der Waals surface area contributed by atoms with Crippen LogP contribution in [0.3, 0.4) is 0 Å². The van der Waals surface area contributed by atoms with Gasteiger partial charge in [0.1, 0.15) is 29.6 Å². The molecule has 1 amide bonds. The minimum Gasteiger partial charge on any atom is -0.333 e. The van der Waals surface area contributed by atoms with Gasteiger partial charge in [-0.05, 0) is 61.9 Å². The van der Waals surface area contributed by atoms with Crippen molar-refractivity contribution in [1.29, 1.82) is 0 Å². The average molecular weight is 454 g/mol. The van der Waals surface area contributed by atoms with Crippen LogP contribution in [0.2, 0.25) is 0 Å². The van der Waals surface area contributed by atoms with E-state index >= 15 is 0 Å². The van der Waals surface area contributed by atoms with Crippen LogP contribution >= 0.6 is 0 Å². The summed E-state index contributed by atoms with van der Waals surface area (Å²) in [5.41, 5.74) is 0.860. The summed E-state index contributed by atoms with van der Waals surface area (Å²) in [7, 11) is 0. The summed E-state index contributed by atoms with van der Waals surface area (Å²) in [4.78, 5) is 29.9. The fourth-order valence-corrected chi connectivity index (χ4v) is 3.35. The first-order chi connectivity index (χ1) is 15.7. The number of hydrogen-bond donors (Lipinski definition) is 1. The molecule has 0 fully saturated rings. The van der Waals surface area contributed by atoms with Crippen molar-refractivity contribution >= 4 is 11.6 Å². The van der Waals surface area contributed by atoms with Crippen molar-refractivity contribution in [2.45, 2.75) is 20.4 Å². The average Bonchev–Trinajstić information content (AvgIpc) is 3.23. The van der Waals surface area contributed by atoms with Crippen LogP contribution in [0.4, 0.5) is 18.9 Å². The zero-order valence-corrected chi connectivity index (χ0v) is 17.5. The van der Waals surface area contributed by atoms with Gasteiger partial charge in [-0.25, -0.2) is 13.2 Å². The van der Waals surface area contributed by atoms with Gasteiger partial charge in [-0.15, -0.1) is 0 Å². The molecule has 0 aliphatic carbocycles. The van der Waals surface area contributed by atoms with Gasteiger partial charge in [-0.1, -0.05) is 5.16 Å². The summed E-state index contributed by atoms with van der Waals surface area (Å²) in [6, 6.07) is 9.86. The second-order valence-corrected chi connectivity index (χ2v) is 7.34. The van der Waals surface area contributed by atoms with E-state index in [-0.39, 0.29) is 23.0 Å². The smallest absolute Gasteiger partial charge is 0.264 e. The Hall–Kier alpha value is -4.21. The first-order valence-corrected chi connectivity index (χ1v) is 9.79. The molecule has 7 nitrogen and oxygen atoms in total. The Kier molecular flexibility index (Phi) is 5.82. The standard InChI is InChI=1S/C23H17F3N4O3/c1-12-9-13(2)30(11-19(31)27-18-8-7-16(25)10-17(18)26)23(32)20(12)22-28-21(29-33-22)14-3-5-15(24)6-4-14/h3-10H,11H2,1-2H3,(H,27,31). The van der Waals surface area contributed by atoms with E-state index in [1.54, 1.807) is 19.9 Å². The highest BCUT2D eigenvalue weighted by Gasteiger charge is 2.20. The molecule has 2 aromatic heterocycles. The van der Waals surface area contributed by atoms with E-state index in [4.69, 9.17) is 4.52 Å². The van der Waals surface area contributed by atoms with Crippen LogP contribution in [0.5, 0.6) is 0 Å². The van der Waals surface area contributed by atoms with Crippen molar-refractivity contribution in [3.05, 3.63) is 87.6 Å². The molecule has 4 aromatic rings. The Morgan fingerprint density at radius 1 is 1.03 bits per heavy atom. The van der Waals surface area contributed by atoms with Crippen LogP contribution < -0.4 is 10.9 Å². The SMILES string of the molecule is Cc1cc(C)n(CC(=O)Nc2ccc(F)cc2F)c(=O)c1-c1nc(-c2ccc(F)cc2)no1. The molecule has 0 aliphatic heterocycles. The Labute approximate surface area is 185 Å². The normalized spacial score (nSPS) is 10.9. The molecular formula is C23H17F3N4O3. The number of nitrogens with zero attached hydrogens (tertiary/aromatic N) is 3. The summed E-state index contributed by atoms with van der Waals surface area (Å²) < 4.78 is 46.5. The maximum Gasteiger partial charge on any atom is 0.264 e. The summed E-state index contributed by atoms with van der Waals surface area (Å²) in [6.07, 6.45) is 0. The van der Waals surface area contributed by atoms with Crippen molar-refractivity contribution in [3.63, 3.8) is 0 Å². The molecule has 0 aliphatic rings. The second-order valence-electron chi connectivity index (χ2n) is 7.34. The monoisotopic (exact) mass is 454 g/mol. The fraction of sp³-hybridized carbons (Fsp3) is 0.130. The van der Waals surface area contributed by atoms with Crippen LogP contribution in [-0.4, -0.2) is 20.6 Å². The Bertz CT molecular complexity index is 1410. The van der Waals surface area contributed by atoms with Crippen LogP contribution in [0.15, 0.2) is 57.8 Å². The van der Waals surface area contributed by atoms with Gasteiger partial charge in [-0.2, -0.15) is 4.98 Å². The van der Waals surface area contributed by atoms with E-state index in [9.17, 15) is 22.8 Å². The Balaban J connectivity index is 1.64. The van der Waals surface area contributed by atoms with Crippen molar-refractivity contribution in [2.24, 2.45) is 0 Å². The minimum atomic E-state index is -0.934. The number of hydrogen-bond acceptors (Lipinski definition) is 5. The van der Waals surface area contributed by atoms with E-state index in [0.29, 0.717) is 22.9 Å². The van der Waals surface area contributed by atoms with Crippen LogP contribution in [0, 0.1) is 31.3 Å². The lowest BCUT2D eigenvalue weighted by Crippen LogP contribution is -2.31. The van der Waals surface area contributed by atoms with Gasteiger partial charge < -0.3 is 14.4 Å². The molecule has 0 saturated heterocycles. The van der Waals surface area contributed by atoms with E-state index < -0.39 is 35.5 Å². The number of anilines is 1. The first kappa shape index (κ1) is 22.0. The molecule has 33 heavy (non-hydrogen) atoms. The first-order valence-electron chi connectivity index (χ1n) is 9.79. The van der Waals surface area contributed by atoms with Crippen molar-refractivity contribution in [2.75, 3.05) is 5.32 Å².